The van der Waals surface area contributed by atoms with Gasteiger partial charge >= 0.3 is 0 Å². The van der Waals surface area contributed by atoms with Gasteiger partial charge in [0.1, 0.15) is 5.75 Å². The molecule has 2 aromatic rings. The number of thioether (sulfide) groups is 1. The van der Waals surface area contributed by atoms with Crippen LogP contribution in [0.4, 0.5) is 10.8 Å². The molecule has 3 rings (SSSR count). The predicted molar refractivity (Wildman–Crippen MR) is 90.5 cm³/mol. The molecule has 0 aliphatic carbocycles. The molecule has 0 amide bonds. The van der Waals surface area contributed by atoms with Crippen LogP contribution >= 0.6 is 23.1 Å². The molecule has 1 fully saturated rings. The highest BCUT2D eigenvalue weighted by Crippen LogP contribution is 2.30. The van der Waals surface area contributed by atoms with Crippen LogP contribution in [0.2, 0.25) is 0 Å². The molecule has 0 saturated carbocycles. The van der Waals surface area contributed by atoms with Gasteiger partial charge in [-0.15, -0.1) is 10.2 Å². The lowest BCUT2D eigenvalue weighted by Crippen LogP contribution is -2.21. The van der Waals surface area contributed by atoms with Crippen molar-refractivity contribution in [1.82, 2.24) is 10.2 Å². The topological polar surface area (TPSA) is 56.3 Å². The van der Waals surface area contributed by atoms with Crippen molar-refractivity contribution in [3.05, 3.63) is 24.3 Å². The van der Waals surface area contributed by atoms with Crippen LogP contribution < -0.4 is 10.1 Å². The summed E-state index contributed by atoms with van der Waals surface area (Å²) in [6.07, 6.45) is 3.97. The zero-order valence-electron chi connectivity index (χ0n) is 12.4. The van der Waals surface area contributed by atoms with Gasteiger partial charge in [0.15, 0.2) is 4.34 Å². The van der Waals surface area contributed by atoms with E-state index in [1.807, 2.05) is 24.3 Å². The molecule has 7 heteroatoms. The maximum Gasteiger partial charge on any atom is 0.210 e. The highest BCUT2D eigenvalue weighted by atomic mass is 32.2. The third-order valence-electron chi connectivity index (χ3n) is 3.39. The first-order valence-electron chi connectivity index (χ1n) is 7.32. The molecule has 0 unspecified atom stereocenters. The Labute approximate surface area is 138 Å². The van der Waals surface area contributed by atoms with Crippen LogP contribution in [0.1, 0.15) is 19.3 Å². The number of rotatable bonds is 6. The third kappa shape index (κ3) is 4.34. The fourth-order valence-corrected chi connectivity index (χ4v) is 4.11. The molecule has 118 valence electrons. The van der Waals surface area contributed by atoms with Crippen molar-refractivity contribution in [3.8, 4) is 5.75 Å². The minimum absolute atomic E-state index is 0.359. The molecule has 1 aromatic carbocycles. The zero-order chi connectivity index (χ0) is 15.2. The van der Waals surface area contributed by atoms with Gasteiger partial charge < -0.3 is 14.8 Å². The molecule has 0 radical (unpaired) electrons. The van der Waals surface area contributed by atoms with Crippen LogP contribution in [0.5, 0.6) is 5.75 Å². The summed E-state index contributed by atoms with van der Waals surface area (Å²) in [5, 5.41) is 12.5. The number of hydrogen-bond donors (Lipinski definition) is 1. The van der Waals surface area contributed by atoms with Crippen LogP contribution in [0.15, 0.2) is 28.6 Å². The molecule has 1 N–H and O–H groups in total. The van der Waals surface area contributed by atoms with E-state index in [0.717, 1.165) is 39.7 Å². The normalized spacial score (nSPS) is 18.1. The highest BCUT2D eigenvalue weighted by Gasteiger charge is 2.15. The molecular formula is C15H19N3O2S2. The first-order valence-corrected chi connectivity index (χ1v) is 9.12. The van der Waals surface area contributed by atoms with Crippen molar-refractivity contribution in [2.45, 2.75) is 29.7 Å². The van der Waals surface area contributed by atoms with Gasteiger partial charge in [-0.25, -0.2) is 0 Å². The van der Waals surface area contributed by atoms with E-state index in [1.165, 1.54) is 12.8 Å². The van der Waals surface area contributed by atoms with Gasteiger partial charge in [-0.05, 0) is 31.4 Å². The second kappa shape index (κ2) is 7.80. The lowest BCUT2D eigenvalue weighted by Gasteiger charge is -2.21. The van der Waals surface area contributed by atoms with E-state index in [-0.39, 0.29) is 0 Å². The number of benzene rings is 1. The Morgan fingerprint density at radius 2 is 2.36 bits per heavy atom. The largest absolute Gasteiger partial charge is 0.497 e. The van der Waals surface area contributed by atoms with Crippen molar-refractivity contribution < 1.29 is 9.47 Å². The lowest BCUT2D eigenvalue weighted by molar-refractivity contribution is 0.0315. The predicted octanol–water partition coefficient (Wildman–Crippen LogP) is 3.95. The second-order valence-electron chi connectivity index (χ2n) is 5.03. The first kappa shape index (κ1) is 15.6. The van der Waals surface area contributed by atoms with Crippen molar-refractivity contribution >= 4 is 33.9 Å². The van der Waals surface area contributed by atoms with E-state index < -0.39 is 0 Å². The first-order chi connectivity index (χ1) is 10.8. The average Bonchev–Trinajstić information content (AvgIpc) is 3.01. The van der Waals surface area contributed by atoms with Crippen molar-refractivity contribution in [1.29, 1.82) is 0 Å². The van der Waals surface area contributed by atoms with E-state index >= 15 is 0 Å². The quantitative estimate of drug-likeness (QED) is 0.806. The summed E-state index contributed by atoms with van der Waals surface area (Å²) >= 11 is 3.28. The molecule has 0 spiro atoms. The molecule has 1 saturated heterocycles. The van der Waals surface area contributed by atoms with Crippen molar-refractivity contribution in [2.75, 3.05) is 24.8 Å². The SMILES string of the molecule is COc1cccc(Nc2nnc(SC[C@H]3CCCCO3)s2)c1. The summed E-state index contributed by atoms with van der Waals surface area (Å²) < 4.78 is 11.9. The Bertz CT molecular complexity index is 600. The molecular weight excluding hydrogens is 318 g/mol. The molecule has 1 aliphatic rings. The van der Waals surface area contributed by atoms with Gasteiger partial charge in [0, 0.05) is 24.1 Å². The Kier molecular flexibility index (Phi) is 5.53. The van der Waals surface area contributed by atoms with Crippen LogP contribution in [0.25, 0.3) is 0 Å². The van der Waals surface area contributed by atoms with E-state index in [1.54, 1.807) is 30.2 Å². The molecule has 1 aliphatic heterocycles. The number of nitrogens with one attached hydrogen (secondary N) is 1. The maximum absolute atomic E-state index is 5.73. The third-order valence-corrected chi connectivity index (χ3v) is 5.50. The number of aromatic nitrogens is 2. The molecule has 1 aromatic heterocycles. The Balaban J connectivity index is 1.54. The summed E-state index contributed by atoms with van der Waals surface area (Å²) in [5.41, 5.74) is 0.947. The summed E-state index contributed by atoms with van der Waals surface area (Å²) in [7, 11) is 1.66. The number of nitrogens with zero attached hydrogens (tertiary/aromatic N) is 2. The number of methoxy groups -OCH3 is 1. The van der Waals surface area contributed by atoms with Gasteiger partial charge in [0.2, 0.25) is 5.13 Å². The molecule has 1 atom stereocenters. The van der Waals surface area contributed by atoms with E-state index in [2.05, 4.69) is 15.5 Å². The van der Waals surface area contributed by atoms with Gasteiger partial charge in [-0.2, -0.15) is 0 Å². The van der Waals surface area contributed by atoms with Gasteiger partial charge in [-0.3, -0.25) is 0 Å². The molecule has 22 heavy (non-hydrogen) atoms. The van der Waals surface area contributed by atoms with Crippen LogP contribution in [-0.4, -0.2) is 35.8 Å². The minimum Gasteiger partial charge on any atom is -0.497 e. The van der Waals surface area contributed by atoms with Gasteiger partial charge in [-0.1, -0.05) is 29.2 Å². The smallest absolute Gasteiger partial charge is 0.210 e. The standard InChI is InChI=1S/C15H19N3O2S2/c1-19-12-7-4-5-11(9-12)16-14-17-18-15(22-14)21-10-13-6-2-3-8-20-13/h4-5,7,9,13H,2-3,6,8,10H2,1H3,(H,16,17)/t13-/m1/s1. The Hall–Kier alpha value is -1.31. The van der Waals surface area contributed by atoms with Crippen LogP contribution in [0.3, 0.4) is 0 Å². The lowest BCUT2D eigenvalue weighted by atomic mass is 10.1. The zero-order valence-corrected chi connectivity index (χ0v) is 14.1. The summed E-state index contributed by atoms with van der Waals surface area (Å²) in [6.45, 7) is 0.893. The maximum atomic E-state index is 5.73. The summed E-state index contributed by atoms with van der Waals surface area (Å²) in [5.74, 6) is 1.77. The summed E-state index contributed by atoms with van der Waals surface area (Å²) in [6, 6.07) is 7.77. The molecule has 0 bridgehead atoms. The van der Waals surface area contributed by atoms with Crippen LogP contribution in [-0.2, 0) is 4.74 Å². The number of ether oxygens (including phenoxy) is 2. The monoisotopic (exact) mass is 337 g/mol. The second-order valence-corrected chi connectivity index (χ2v) is 7.27. The van der Waals surface area contributed by atoms with Crippen molar-refractivity contribution in [2.24, 2.45) is 0 Å². The Morgan fingerprint density at radius 3 is 3.18 bits per heavy atom. The fraction of sp³-hybridized carbons (Fsp3) is 0.467. The minimum atomic E-state index is 0.359. The van der Waals surface area contributed by atoms with E-state index in [4.69, 9.17) is 9.47 Å². The van der Waals surface area contributed by atoms with Crippen molar-refractivity contribution in [3.63, 3.8) is 0 Å². The van der Waals surface area contributed by atoms with Gasteiger partial charge in [0.25, 0.3) is 0 Å². The van der Waals surface area contributed by atoms with E-state index in [9.17, 15) is 0 Å². The van der Waals surface area contributed by atoms with E-state index in [0.29, 0.717) is 6.10 Å². The summed E-state index contributed by atoms with van der Waals surface area (Å²) in [4.78, 5) is 0. The average molecular weight is 337 g/mol. The van der Waals surface area contributed by atoms with Crippen LogP contribution in [0, 0.1) is 0 Å². The Morgan fingerprint density at radius 1 is 1.41 bits per heavy atom. The number of anilines is 2. The molecule has 2 heterocycles. The number of hydrogen-bond acceptors (Lipinski definition) is 7. The fourth-order valence-electron chi connectivity index (χ4n) is 2.25. The molecule has 5 nitrogen and oxygen atoms in total. The van der Waals surface area contributed by atoms with Gasteiger partial charge in [0.05, 0.1) is 13.2 Å². The highest BCUT2D eigenvalue weighted by molar-refractivity contribution is 8.01.